The second kappa shape index (κ2) is 6.74. The smallest absolute Gasteiger partial charge is 0.373 e. The Morgan fingerprint density at radius 1 is 1.00 bits per heavy atom. The molecule has 0 aliphatic heterocycles. The van der Waals surface area contributed by atoms with E-state index in [2.05, 4.69) is 0 Å². The van der Waals surface area contributed by atoms with Crippen molar-refractivity contribution in [1.29, 1.82) is 0 Å². The summed E-state index contributed by atoms with van der Waals surface area (Å²) in [5, 5.41) is 11.3. The number of hydrogen-bond donors (Lipinski definition) is 2. The maximum Gasteiger partial charge on any atom is 0.426 e. The number of anilines is 1. The zero-order valence-corrected chi connectivity index (χ0v) is 13.3. The lowest BCUT2D eigenvalue weighted by atomic mass is 10.1. The number of nitrogens with one attached hydrogen (secondary N) is 1. The third kappa shape index (κ3) is 3.82. The largest absolute Gasteiger partial charge is 0.426 e. The van der Waals surface area contributed by atoms with Gasteiger partial charge in [0.25, 0.3) is 5.91 Å². The zero-order chi connectivity index (χ0) is 18.0. The SMILES string of the molecule is CC(O)(C(=O)Nc1ccc(S(=O)c2ccccc2)cc1)C(F)(F)F. The van der Waals surface area contributed by atoms with Crippen molar-refractivity contribution in [3.8, 4) is 0 Å². The molecule has 0 aromatic heterocycles. The summed E-state index contributed by atoms with van der Waals surface area (Å²) in [6.45, 7) is 0.376. The van der Waals surface area contributed by atoms with Crippen LogP contribution in [-0.2, 0) is 15.6 Å². The number of carbonyl (C=O) groups is 1. The van der Waals surface area contributed by atoms with Crippen LogP contribution in [0.25, 0.3) is 0 Å². The monoisotopic (exact) mass is 357 g/mol. The molecule has 2 rings (SSSR count). The Kier molecular flexibility index (Phi) is 5.10. The normalized spacial score (nSPS) is 15.4. The van der Waals surface area contributed by atoms with Crippen LogP contribution in [0, 0.1) is 0 Å². The molecule has 2 N–H and O–H groups in total. The molecule has 0 aliphatic rings. The topological polar surface area (TPSA) is 66.4 Å². The fourth-order valence-electron chi connectivity index (χ4n) is 1.72. The molecule has 4 nitrogen and oxygen atoms in total. The van der Waals surface area contributed by atoms with Crippen molar-refractivity contribution in [2.75, 3.05) is 5.32 Å². The van der Waals surface area contributed by atoms with Gasteiger partial charge in [0.15, 0.2) is 0 Å². The van der Waals surface area contributed by atoms with Gasteiger partial charge in [0, 0.05) is 15.5 Å². The van der Waals surface area contributed by atoms with Crippen LogP contribution < -0.4 is 5.32 Å². The molecule has 0 aliphatic carbocycles. The third-order valence-corrected chi connectivity index (χ3v) is 4.68. The van der Waals surface area contributed by atoms with Gasteiger partial charge in [-0.05, 0) is 43.3 Å². The van der Waals surface area contributed by atoms with Gasteiger partial charge in [-0.3, -0.25) is 4.79 Å². The molecule has 24 heavy (non-hydrogen) atoms. The second-order valence-corrected chi connectivity index (χ2v) is 6.61. The quantitative estimate of drug-likeness (QED) is 0.884. The highest BCUT2D eigenvalue weighted by Crippen LogP contribution is 2.31. The first-order valence-corrected chi connectivity index (χ1v) is 7.95. The van der Waals surface area contributed by atoms with E-state index in [0.717, 1.165) is 0 Å². The molecular formula is C16H14F3NO3S. The molecule has 0 fully saturated rings. The van der Waals surface area contributed by atoms with Gasteiger partial charge in [-0.25, -0.2) is 4.21 Å². The van der Waals surface area contributed by atoms with Crippen molar-refractivity contribution in [2.24, 2.45) is 0 Å². The first-order chi connectivity index (χ1) is 11.1. The number of carbonyl (C=O) groups excluding carboxylic acids is 1. The molecule has 0 bridgehead atoms. The van der Waals surface area contributed by atoms with Crippen molar-refractivity contribution in [1.82, 2.24) is 0 Å². The summed E-state index contributed by atoms with van der Waals surface area (Å²) < 4.78 is 50.1. The minimum Gasteiger partial charge on any atom is -0.373 e. The minimum absolute atomic E-state index is 0.0540. The summed E-state index contributed by atoms with van der Waals surface area (Å²) in [5.41, 5.74) is -3.45. The molecular weight excluding hydrogens is 343 g/mol. The van der Waals surface area contributed by atoms with Gasteiger partial charge in [0.1, 0.15) is 0 Å². The van der Waals surface area contributed by atoms with Gasteiger partial charge in [-0.1, -0.05) is 18.2 Å². The van der Waals surface area contributed by atoms with Crippen molar-refractivity contribution in [2.45, 2.75) is 28.5 Å². The van der Waals surface area contributed by atoms with E-state index in [1.54, 1.807) is 30.3 Å². The Bertz CT molecular complexity index is 743. The molecule has 2 aromatic carbocycles. The predicted molar refractivity (Wildman–Crippen MR) is 82.9 cm³/mol. The maximum absolute atomic E-state index is 12.6. The minimum atomic E-state index is -5.09. The number of alkyl halides is 3. The predicted octanol–water partition coefficient (Wildman–Crippen LogP) is 3.11. The molecule has 0 spiro atoms. The summed E-state index contributed by atoms with van der Waals surface area (Å²) in [6.07, 6.45) is -5.09. The third-order valence-electron chi connectivity index (χ3n) is 3.28. The number of hydrogen-bond acceptors (Lipinski definition) is 3. The van der Waals surface area contributed by atoms with Crippen LogP contribution in [0.1, 0.15) is 6.92 Å². The lowest BCUT2D eigenvalue weighted by Crippen LogP contribution is -2.52. The van der Waals surface area contributed by atoms with Crippen molar-refractivity contribution in [3.05, 3.63) is 54.6 Å². The standard InChI is InChI=1S/C16H14F3NO3S/c1-15(22,16(17,18)19)14(21)20-11-7-9-13(10-8-11)24(23)12-5-3-2-4-6-12/h2-10,22H,1H3,(H,20,21). The maximum atomic E-state index is 12.6. The molecule has 2 atom stereocenters. The fourth-order valence-corrected chi connectivity index (χ4v) is 2.78. The van der Waals surface area contributed by atoms with Crippen LogP contribution >= 0.6 is 0 Å². The number of benzene rings is 2. The molecule has 2 unspecified atom stereocenters. The van der Waals surface area contributed by atoms with E-state index >= 15 is 0 Å². The highest BCUT2D eigenvalue weighted by atomic mass is 32.2. The van der Waals surface area contributed by atoms with Crippen LogP contribution in [0.2, 0.25) is 0 Å². The van der Waals surface area contributed by atoms with Crippen molar-refractivity contribution >= 4 is 22.4 Å². The summed E-state index contributed by atoms with van der Waals surface area (Å²) in [6, 6.07) is 14.1. The highest BCUT2D eigenvalue weighted by Gasteiger charge is 2.55. The summed E-state index contributed by atoms with van der Waals surface area (Å²) in [7, 11) is -1.44. The first-order valence-electron chi connectivity index (χ1n) is 6.80. The first kappa shape index (κ1) is 18.2. The lowest BCUT2D eigenvalue weighted by molar-refractivity contribution is -0.242. The average Bonchev–Trinajstić information content (AvgIpc) is 2.54. The van der Waals surface area contributed by atoms with Gasteiger partial charge in [-0.15, -0.1) is 0 Å². The highest BCUT2D eigenvalue weighted by molar-refractivity contribution is 7.85. The Balaban J connectivity index is 2.13. The van der Waals surface area contributed by atoms with Crippen LogP contribution in [0.15, 0.2) is 64.4 Å². The molecule has 0 radical (unpaired) electrons. The fraction of sp³-hybridized carbons (Fsp3) is 0.188. The molecule has 0 saturated heterocycles. The number of rotatable bonds is 4. The van der Waals surface area contributed by atoms with Crippen LogP contribution in [0.4, 0.5) is 18.9 Å². The average molecular weight is 357 g/mol. The number of amides is 1. The Morgan fingerprint density at radius 2 is 1.50 bits per heavy atom. The summed E-state index contributed by atoms with van der Waals surface area (Å²) >= 11 is 0. The van der Waals surface area contributed by atoms with Gasteiger partial charge >= 0.3 is 6.18 Å². The van der Waals surface area contributed by atoms with Crippen LogP contribution in [-0.4, -0.2) is 27.0 Å². The van der Waals surface area contributed by atoms with Gasteiger partial charge in [-0.2, -0.15) is 13.2 Å². The van der Waals surface area contributed by atoms with Gasteiger partial charge in [0.2, 0.25) is 5.60 Å². The number of halogens is 3. The Labute approximate surface area is 138 Å². The van der Waals surface area contributed by atoms with Crippen LogP contribution in [0.3, 0.4) is 0 Å². The van der Waals surface area contributed by atoms with Gasteiger partial charge in [0.05, 0.1) is 10.8 Å². The number of aliphatic hydroxyl groups is 1. The van der Waals surface area contributed by atoms with E-state index < -0.39 is 28.5 Å². The molecule has 1 amide bonds. The summed E-state index contributed by atoms with van der Waals surface area (Å²) in [5.74, 6) is -1.59. The van der Waals surface area contributed by atoms with Gasteiger partial charge < -0.3 is 10.4 Å². The van der Waals surface area contributed by atoms with E-state index in [1.807, 2.05) is 5.32 Å². The summed E-state index contributed by atoms with van der Waals surface area (Å²) in [4.78, 5) is 12.6. The molecule has 8 heteroatoms. The van der Waals surface area contributed by atoms with E-state index in [4.69, 9.17) is 0 Å². The molecule has 0 saturated carbocycles. The second-order valence-electron chi connectivity index (χ2n) is 5.13. The lowest BCUT2D eigenvalue weighted by Gasteiger charge is -2.24. The zero-order valence-electron chi connectivity index (χ0n) is 12.5. The molecule has 0 heterocycles. The van der Waals surface area contributed by atoms with E-state index in [0.29, 0.717) is 16.7 Å². The van der Waals surface area contributed by atoms with Crippen molar-refractivity contribution < 1.29 is 27.3 Å². The molecule has 128 valence electrons. The van der Waals surface area contributed by atoms with Crippen LogP contribution in [0.5, 0.6) is 0 Å². The Hall–Kier alpha value is -2.19. The van der Waals surface area contributed by atoms with Crippen molar-refractivity contribution in [3.63, 3.8) is 0 Å². The Morgan fingerprint density at radius 3 is 2.00 bits per heavy atom. The van der Waals surface area contributed by atoms with E-state index in [9.17, 15) is 27.3 Å². The van der Waals surface area contributed by atoms with E-state index in [-0.39, 0.29) is 5.69 Å². The molecule has 2 aromatic rings. The van der Waals surface area contributed by atoms with E-state index in [1.165, 1.54) is 24.3 Å².